The number of aromatic nitrogens is 2. The van der Waals surface area contributed by atoms with E-state index < -0.39 is 0 Å². The van der Waals surface area contributed by atoms with Crippen LogP contribution in [0.4, 0.5) is 0 Å². The van der Waals surface area contributed by atoms with E-state index in [2.05, 4.69) is 32.8 Å². The van der Waals surface area contributed by atoms with Gasteiger partial charge in [0.1, 0.15) is 5.03 Å². The highest BCUT2D eigenvalue weighted by atomic mass is 79.9. The molecular weight excluding hydrogens is 310 g/mol. The van der Waals surface area contributed by atoms with Crippen LogP contribution >= 0.6 is 27.7 Å². The van der Waals surface area contributed by atoms with Gasteiger partial charge in [-0.2, -0.15) is 0 Å². The molecule has 2 rings (SSSR count). The highest BCUT2D eigenvalue weighted by Crippen LogP contribution is 2.31. The molecule has 0 aliphatic carbocycles. The van der Waals surface area contributed by atoms with Crippen molar-refractivity contribution in [1.29, 1.82) is 0 Å². The number of nitrogens with two attached hydrogens (primary N) is 1. The molecule has 0 saturated carbocycles. The molecule has 0 fully saturated rings. The van der Waals surface area contributed by atoms with E-state index >= 15 is 0 Å². The maximum Gasteiger partial charge on any atom is 0.115 e. The Morgan fingerprint density at radius 3 is 2.78 bits per heavy atom. The minimum atomic E-state index is 0.0191. The first-order valence-corrected chi connectivity index (χ1v) is 7.31. The average molecular weight is 324 g/mol. The molecule has 1 unspecified atom stereocenters. The SMILES string of the molecule is CCC(N)c1ccc(Sc2ncccc2Br)cn1. The fraction of sp³-hybridized carbons (Fsp3) is 0.231. The molecule has 0 amide bonds. The van der Waals surface area contributed by atoms with Crippen molar-refractivity contribution in [3.63, 3.8) is 0 Å². The molecule has 0 aliphatic rings. The minimum absolute atomic E-state index is 0.0191. The summed E-state index contributed by atoms with van der Waals surface area (Å²) in [5, 5.41) is 0.937. The molecular formula is C13H14BrN3S. The number of rotatable bonds is 4. The summed E-state index contributed by atoms with van der Waals surface area (Å²) in [5.74, 6) is 0. The topological polar surface area (TPSA) is 51.8 Å². The third-order valence-electron chi connectivity index (χ3n) is 2.52. The maximum atomic E-state index is 5.93. The van der Waals surface area contributed by atoms with Crippen LogP contribution in [0.3, 0.4) is 0 Å². The molecule has 1 atom stereocenters. The summed E-state index contributed by atoms with van der Waals surface area (Å²) in [4.78, 5) is 9.75. The zero-order valence-corrected chi connectivity index (χ0v) is 12.4. The van der Waals surface area contributed by atoms with E-state index in [9.17, 15) is 0 Å². The quantitative estimate of drug-likeness (QED) is 0.929. The monoisotopic (exact) mass is 323 g/mol. The smallest absolute Gasteiger partial charge is 0.115 e. The Morgan fingerprint density at radius 1 is 1.33 bits per heavy atom. The van der Waals surface area contributed by atoms with Crippen LogP contribution in [0.2, 0.25) is 0 Å². The van der Waals surface area contributed by atoms with Gasteiger partial charge in [-0.15, -0.1) is 0 Å². The van der Waals surface area contributed by atoms with Crippen LogP contribution in [0, 0.1) is 0 Å². The van der Waals surface area contributed by atoms with E-state index in [1.807, 2.05) is 30.5 Å². The van der Waals surface area contributed by atoms with Gasteiger partial charge in [-0.05, 0) is 46.6 Å². The molecule has 2 N–H and O–H groups in total. The molecule has 18 heavy (non-hydrogen) atoms. The number of hydrogen-bond acceptors (Lipinski definition) is 4. The Balaban J connectivity index is 2.14. The van der Waals surface area contributed by atoms with Gasteiger partial charge in [-0.25, -0.2) is 4.98 Å². The van der Waals surface area contributed by atoms with Gasteiger partial charge in [0, 0.05) is 23.3 Å². The normalized spacial score (nSPS) is 12.4. The van der Waals surface area contributed by atoms with Gasteiger partial charge >= 0.3 is 0 Å². The largest absolute Gasteiger partial charge is 0.323 e. The van der Waals surface area contributed by atoms with E-state index in [1.165, 1.54) is 0 Å². The molecule has 0 aromatic carbocycles. The number of hydrogen-bond donors (Lipinski definition) is 1. The summed E-state index contributed by atoms with van der Waals surface area (Å²) in [7, 11) is 0. The van der Waals surface area contributed by atoms with Gasteiger partial charge < -0.3 is 5.73 Å². The van der Waals surface area contributed by atoms with Crippen molar-refractivity contribution in [2.24, 2.45) is 5.73 Å². The predicted molar refractivity (Wildman–Crippen MR) is 77.5 cm³/mol. The number of halogens is 1. The van der Waals surface area contributed by atoms with Crippen LogP contribution in [-0.2, 0) is 0 Å². The lowest BCUT2D eigenvalue weighted by molar-refractivity contribution is 0.674. The first kappa shape index (κ1) is 13.5. The highest BCUT2D eigenvalue weighted by Gasteiger charge is 2.06. The molecule has 0 spiro atoms. The van der Waals surface area contributed by atoms with Crippen LogP contribution in [0.15, 0.2) is 51.1 Å². The molecule has 0 aliphatic heterocycles. The van der Waals surface area contributed by atoms with E-state index in [0.717, 1.165) is 26.5 Å². The Hall–Kier alpha value is -0.910. The number of pyridine rings is 2. The Morgan fingerprint density at radius 2 is 2.17 bits per heavy atom. The van der Waals surface area contributed by atoms with Crippen molar-refractivity contribution < 1.29 is 0 Å². The molecule has 0 radical (unpaired) electrons. The molecule has 3 nitrogen and oxygen atoms in total. The average Bonchev–Trinajstić information content (AvgIpc) is 2.41. The van der Waals surface area contributed by atoms with Crippen molar-refractivity contribution in [3.05, 3.63) is 46.8 Å². The Bertz CT molecular complexity index is 516. The third kappa shape index (κ3) is 3.31. The summed E-state index contributed by atoms with van der Waals surface area (Å²) >= 11 is 5.06. The van der Waals surface area contributed by atoms with Crippen molar-refractivity contribution >= 4 is 27.7 Å². The van der Waals surface area contributed by atoms with Crippen LogP contribution in [0.25, 0.3) is 0 Å². The maximum absolute atomic E-state index is 5.93. The summed E-state index contributed by atoms with van der Waals surface area (Å²) in [6.45, 7) is 2.06. The van der Waals surface area contributed by atoms with Gasteiger partial charge in [0.15, 0.2) is 0 Å². The van der Waals surface area contributed by atoms with Crippen LogP contribution in [-0.4, -0.2) is 9.97 Å². The predicted octanol–water partition coefficient (Wildman–Crippen LogP) is 3.80. The van der Waals surface area contributed by atoms with E-state index in [1.54, 1.807) is 18.0 Å². The molecule has 0 bridgehead atoms. The summed E-state index contributed by atoms with van der Waals surface area (Å²) in [6, 6.07) is 7.90. The summed E-state index contributed by atoms with van der Waals surface area (Å²) in [5.41, 5.74) is 6.86. The second-order valence-electron chi connectivity index (χ2n) is 3.83. The fourth-order valence-corrected chi connectivity index (χ4v) is 2.68. The Kier molecular flexibility index (Phi) is 4.74. The van der Waals surface area contributed by atoms with E-state index in [-0.39, 0.29) is 6.04 Å². The van der Waals surface area contributed by atoms with Gasteiger partial charge in [0.2, 0.25) is 0 Å². The lowest BCUT2D eigenvalue weighted by atomic mass is 10.1. The molecule has 5 heteroatoms. The molecule has 94 valence electrons. The summed E-state index contributed by atoms with van der Waals surface area (Å²) < 4.78 is 0.990. The van der Waals surface area contributed by atoms with Crippen molar-refractivity contribution in [2.75, 3.05) is 0 Å². The van der Waals surface area contributed by atoms with Gasteiger partial charge in [0.25, 0.3) is 0 Å². The zero-order chi connectivity index (χ0) is 13.0. The molecule has 2 aromatic rings. The number of nitrogens with zero attached hydrogens (tertiary/aromatic N) is 2. The second-order valence-corrected chi connectivity index (χ2v) is 5.74. The van der Waals surface area contributed by atoms with Crippen molar-refractivity contribution in [2.45, 2.75) is 29.3 Å². The highest BCUT2D eigenvalue weighted by molar-refractivity contribution is 9.10. The molecule has 0 saturated heterocycles. The summed E-state index contributed by atoms with van der Waals surface area (Å²) in [6.07, 6.45) is 4.52. The van der Waals surface area contributed by atoms with Gasteiger partial charge in [0.05, 0.1) is 10.2 Å². The molecule has 2 aromatic heterocycles. The standard InChI is InChI=1S/C13H14BrN3S/c1-2-11(15)12-6-5-9(8-17-12)18-13-10(14)4-3-7-16-13/h3-8,11H,2,15H2,1H3. The third-order valence-corrected chi connectivity index (χ3v) is 4.42. The van der Waals surface area contributed by atoms with Gasteiger partial charge in [-0.3, -0.25) is 4.98 Å². The molecule has 2 heterocycles. The first-order chi connectivity index (χ1) is 8.70. The zero-order valence-electron chi connectivity index (χ0n) is 10.0. The van der Waals surface area contributed by atoms with Crippen LogP contribution < -0.4 is 5.73 Å². The fourth-order valence-electron chi connectivity index (χ4n) is 1.44. The van der Waals surface area contributed by atoms with Gasteiger partial charge in [-0.1, -0.05) is 18.7 Å². The lowest BCUT2D eigenvalue weighted by Crippen LogP contribution is -2.10. The Labute approximate surface area is 119 Å². The van der Waals surface area contributed by atoms with Crippen LogP contribution in [0.1, 0.15) is 25.1 Å². The van der Waals surface area contributed by atoms with E-state index in [4.69, 9.17) is 5.73 Å². The van der Waals surface area contributed by atoms with Crippen molar-refractivity contribution in [3.8, 4) is 0 Å². The van der Waals surface area contributed by atoms with Crippen molar-refractivity contribution in [1.82, 2.24) is 9.97 Å². The lowest BCUT2D eigenvalue weighted by Gasteiger charge is -2.08. The minimum Gasteiger partial charge on any atom is -0.323 e. The second kappa shape index (κ2) is 6.31. The van der Waals surface area contributed by atoms with Crippen LogP contribution in [0.5, 0.6) is 0 Å². The van der Waals surface area contributed by atoms with E-state index in [0.29, 0.717) is 0 Å². The first-order valence-electron chi connectivity index (χ1n) is 5.70.